The zero-order chi connectivity index (χ0) is 15.0. The van der Waals surface area contributed by atoms with Crippen LogP contribution in [-0.2, 0) is 0 Å². The molecule has 0 saturated carbocycles. The fourth-order valence-corrected chi connectivity index (χ4v) is 2.34. The summed E-state index contributed by atoms with van der Waals surface area (Å²) >= 11 is 5.88. The Morgan fingerprint density at radius 1 is 1.10 bits per heavy atom. The number of para-hydroxylation sites is 1. The molecule has 3 aromatic rings. The number of carbonyl (C=O) groups is 1. The molecule has 0 radical (unpaired) electrons. The molecule has 0 fully saturated rings. The number of hydrogen-bond acceptors (Lipinski definition) is 3. The van der Waals surface area contributed by atoms with E-state index in [4.69, 9.17) is 11.6 Å². The van der Waals surface area contributed by atoms with Crippen molar-refractivity contribution in [3.8, 4) is 16.9 Å². The number of phenolic OH excluding ortho intramolecular Hbond substituents is 1. The highest BCUT2D eigenvalue weighted by Crippen LogP contribution is 2.33. The molecule has 0 atom stereocenters. The lowest BCUT2D eigenvalue weighted by molar-refractivity contribution is 0.0691. The van der Waals surface area contributed by atoms with Gasteiger partial charge in [-0.15, -0.1) is 0 Å². The van der Waals surface area contributed by atoms with Gasteiger partial charge in [-0.3, -0.25) is 0 Å². The van der Waals surface area contributed by atoms with Crippen LogP contribution in [0.1, 0.15) is 10.5 Å². The van der Waals surface area contributed by atoms with E-state index < -0.39 is 5.97 Å². The van der Waals surface area contributed by atoms with Crippen LogP contribution in [0.3, 0.4) is 0 Å². The molecule has 0 aliphatic carbocycles. The summed E-state index contributed by atoms with van der Waals surface area (Å²) < 4.78 is 0. The molecule has 0 amide bonds. The van der Waals surface area contributed by atoms with Gasteiger partial charge in [-0.2, -0.15) is 0 Å². The van der Waals surface area contributed by atoms with Crippen molar-refractivity contribution in [1.29, 1.82) is 0 Å². The van der Waals surface area contributed by atoms with Crippen LogP contribution in [0, 0.1) is 0 Å². The Hall–Kier alpha value is -2.59. The summed E-state index contributed by atoms with van der Waals surface area (Å²) in [6, 6.07) is 13.5. The van der Waals surface area contributed by atoms with Crippen molar-refractivity contribution in [3.05, 3.63) is 59.2 Å². The van der Waals surface area contributed by atoms with Crippen molar-refractivity contribution >= 4 is 28.5 Å². The van der Waals surface area contributed by atoms with Crippen molar-refractivity contribution in [2.24, 2.45) is 0 Å². The van der Waals surface area contributed by atoms with Gasteiger partial charge >= 0.3 is 5.97 Å². The van der Waals surface area contributed by atoms with Crippen molar-refractivity contribution in [3.63, 3.8) is 0 Å². The number of aromatic carboxylic acids is 1. The van der Waals surface area contributed by atoms with E-state index in [0.717, 1.165) is 5.56 Å². The van der Waals surface area contributed by atoms with Crippen molar-refractivity contribution < 1.29 is 15.0 Å². The summed E-state index contributed by atoms with van der Waals surface area (Å²) in [6.07, 6.45) is 0. The molecule has 3 rings (SSSR count). The first-order valence-electron chi connectivity index (χ1n) is 6.18. The zero-order valence-corrected chi connectivity index (χ0v) is 11.5. The Balaban J connectivity index is 2.37. The van der Waals surface area contributed by atoms with Crippen LogP contribution in [0.2, 0.25) is 5.02 Å². The molecular weight excluding hydrogens is 290 g/mol. The molecule has 2 N–H and O–H groups in total. The third-order valence-corrected chi connectivity index (χ3v) is 3.44. The number of halogens is 1. The molecule has 104 valence electrons. The average Bonchev–Trinajstić information content (AvgIpc) is 2.47. The first kappa shape index (κ1) is 13.4. The molecule has 4 nitrogen and oxygen atoms in total. The van der Waals surface area contributed by atoms with Gasteiger partial charge in [0.25, 0.3) is 0 Å². The molecule has 1 heterocycles. The quantitative estimate of drug-likeness (QED) is 0.751. The van der Waals surface area contributed by atoms with Gasteiger partial charge in [0.1, 0.15) is 17.0 Å². The molecule has 2 aromatic carbocycles. The predicted octanol–water partition coefficient (Wildman–Crippen LogP) is 3.96. The normalized spacial score (nSPS) is 10.7. The predicted molar refractivity (Wildman–Crippen MR) is 80.8 cm³/mol. The number of aromatic hydroxyl groups is 1. The van der Waals surface area contributed by atoms with Gasteiger partial charge < -0.3 is 10.2 Å². The van der Waals surface area contributed by atoms with E-state index in [9.17, 15) is 15.0 Å². The first-order valence-corrected chi connectivity index (χ1v) is 6.56. The maximum absolute atomic E-state index is 11.2. The highest BCUT2D eigenvalue weighted by molar-refractivity contribution is 6.30. The SMILES string of the molecule is O=C(O)c1cc(-c2ccc(Cl)cc2)c2cccc(O)c2n1. The molecule has 5 heteroatoms. The molecule has 1 aromatic heterocycles. The Kier molecular flexibility index (Phi) is 3.23. The average molecular weight is 300 g/mol. The summed E-state index contributed by atoms with van der Waals surface area (Å²) in [7, 11) is 0. The molecule has 0 aliphatic heterocycles. The van der Waals surface area contributed by atoms with E-state index in [-0.39, 0.29) is 17.0 Å². The third kappa shape index (κ3) is 2.41. The summed E-state index contributed by atoms with van der Waals surface area (Å²) in [6.45, 7) is 0. The zero-order valence-electron chi connectivity index (χ0n) is 10.7. The van der Waals surface area contributed by atoms with E-state index in [2.05, 4.69) is 4.98 Å². The summed E-state index contributed by atoms with van der Waals surface area (Å²) in [4.78, 5) is 15.2. The number of nitrogens with zero attached hydrogens (tertiary/aromatic N) is 1. The summed E-state index contributed by atoms with van der Waals surface area (Å²) in [5, 5.41) is 20.4. The number of carboxylic acids is 1. The van der Waals surface area contributed by atoms with Crippen LogP contribution >= 0.6 is 11.6 Å². The van der Waals surface area contributed by atoms with E-state index >= 15 is 0 Å². The fourth-order valence-electron chi connectivity index (χ4n) is 2.21. The van der Waals surface area contributed by atoms with Crippen LogP contribution in [0.15, 0.2) is 48.5 Å². The minimum atomic E-state index is -1.14. The lowest BCUT2D eigenvalue weighted by atomic mass is 10.00. The van der Waals surface area contributed by atoms with E-state index in [1.165, 1.54) is 12.1 Å². The standard InChI is InChI=1S/C16H10ClNO3/c17-10-6-4-9(5-7-10)12-8-13(16(20)21)18-15-11(12)2-1-3-14(15)19/h1-8,19H,(H,20,21). The number of phenols is 1. The number of fused-ring (bicyclic) bond motifs is 1. The van der Waals surface area contributed by atoms with E-state index in [1.807, 2.05) is 0 Å². The second kappa shape index (κ2) is 5.07. The highest BCUT2D eigenvalue weighted by Gasteiger charge is 2.14. The van der Waals surface area contributed by atoms with Crippen LogP contribution in [0.25, 0.3) is 22.0 Å². The maximum Gasteiger partial charge on any atom is 0.354 e. The van der Waals surface area contributed by atoms with Gasteiger partial charge in [0.05, 0.1) is 0 Å². The maximum atomic E-state index is 11.2. The van der Waals surface area contributed by atoms with Crippen LogP contribution in [0.4, 0.5) is 0 Å². The third-order valence-electron chi connectivity index (χ3n) is 3.19. The van der Waals surface area contributed by atoms with Gasteiger partial charge in [-0.05, 0) is 35.4 Å². The number of carboxylic acid groups (broad SMARTS) is 1. The Morgan fingerprint density at radius 2 is 1.81 bits per heavy atom. The molecule has 0 aliphatic rings. The molecule has 0 spiro atoms. The van der Waals surface area contributed by atoms with Crippen LogP contribution < -0.4 is 0 Å². The van der Waals surface area contributed by atoms with E-state index in [0.29, 0.717) is 16.0 Å². The number of rotatable bonds is 2. The molecule has 0 bridgehead atoms. The van der Waals surface area contributed by atoms with E-state index in [1.54, 1.807) is 36.4 Å². The van der Waals surface area contributed by atoms with Gasteiger partial charge in [-0.1, -0.05) is 35.9 Å². The highest BCUT2D eigenvalue weighted by atomic mass is 35.5. The second-order valence-corrected chi connectivity index (χ2v) is 4.98. The Bertz CT molecular complexity index is 844. The monoisotopic (exact) mass is 299 g/mol. The number of hydrogen-bond donors (Lipinski definition) is 2. The van der Waals surface area contributed by atoms with Gasteiger partial charge in [0.2, 0.25) is 0 Å². The minimum Gasteiger partial charge on any atom is -0.506 e. The van der Waals surface area contributed by atoms with Crippen molar-refractivity contribution in [1.82, 2.24) is 4.98 Å². The van der Waals surface area contributed by atoms with Crippen molar-refractivity contribution in [2.75, 3.05) is 0 Å². The number of aromatic nitrogens is 1. The molecule has 0 saturated heterocycles. The summed E-state index contributed by atoms with van der Waals surface area (Å²) in [5.41, 5.74) is 1.64. The lowest BCUT2D eigenvalue weighted by Gasteiger charge is -2.09. The van der Waals surface area contributed by atoms with Crippen molar-refractivity contribution in [2.45, 2.75) is 0 Å². The first-order chi connectivity index (χ1) is 10.1. The Morgan fingerprint density at radius 3 is 2.48 bits per heavy atom. The fraction of sp³-hybridized carbons (Fsp3) is 0. The summed E-state index contributed by atoms with van der Waals surface area (Å²) in [5.74, 6) is -1.19. The molecular formula is C16H10ClNO3. The lowest BCUT2D eigenvalue weighted by Crippen LogP contribution is -2.01. The largest absolute Gasteiger partial charge is 0.506 e. The van der Waals surface area contributed by atoms with Gasteiger partial charge in [-0.25, -0.2) is 9.78 Å². The number of benzene rings is 2. The molecule has 0 unspecified atom stereocenters. The smallest absolute Gasteiger partial charge is 0.354 e. The van der Waals surface area contributed by atoms with Crippen LogP contribution in [-0.4, -0.2) is 21.2 Å². The minimum absolute atomic E-state index is 0.0502. The topological polar surface area (TPSA) is 70.4 Å². The van der Waals surface area contributed by atoms with Crippen LogP contribution in [0.5, 0.6) is 5.75 Å². The Labute approximate surface area is 125 Å². The molecule has 21 heavy (non-hydrogen) atoms. The second-order valence-electron chi connectivity index (χ2n) is 4.54. The van der Waals surface area contributed by atoms with Gasteiger partial charge in [0, 0.05) is 10.4 Å². The van der Waals surface area contributed by atoms with Gasteiger partial charge in [0.15, 0.2) is 0 Å². The number of pyridine rings is 1.